The molecule has 0 aromatic heterocycles. The molecule has 1 aromatic carbocycles. The minimum atomic E-state index is -3.19. The quantitative estimate of drug-likeness (QED) is 0.822. The van der Waals surface area contributed by atoms with Crippen molar-refractivity contribution >= 4 is 10.0 Å². The Kier molecular flexibility index (Phi) is 5.94. The van der Waals surface area contributed by atoms with E-state index in [1.165, 1.54) is 16.6 Å². The van der Waals surface area contributed by atoms with E-state index in [1.807, 2.05) is 13.0 Å². The van der Waals surface area contributed by atoms with Gasteiger partial charge in [-0.3, -0.25) is 0 Å². The number of nitrogens with zero attached hydrogens (tertiary/aromatic N) is 1. The van der Waals surface area contributed by atoms with Gasteiger partial charge in [0.05, 0.1) is 6.26 Å². The third-order valence-electron chi connectivity index (χ3n) is 3.99. The Labute approximate surface area is 135 Å². The van der Waals surface area contributed by atoms with Gasteiger partial charge in [-0.1, -0.05) is 12.1 Å². The standard InChI is InChI=1S/C15H22F2N2O3S/c1-11(12-5-3-7-14(9-12)22-15(16)17)18-10-13-6-4-8-19(13)23(2,20)21/h3,5,7,9,11,13,15,18H,4,6,8,10H2,1-2H3/t11-,13+/m0/s1. The summed E-state index contributed by atoms with van der Waals surface area (Å²) in [5.41, 5.74) is 0.812. The monoisotopic (exact) mass is 348 g/mol. The summed E-state index contributed by atoms with van der Waals surface area (Å²) in [6.07, 6.45) is 2.90. The van der Waals surface area contributed by atoms with Crippen molar-refractivity contribution in [3.05, 3.63) is 29.8 Å². The largest absolute Gasteiger partial charge is 0.435 e. The van der Waals surface area contributed by atoms with Crippen LogP contribution in [0.1, 0.15) is 31.4 Å². The van der Waals surface area contributed by atoms with E-state index in [9.17, 15) is 17.2 Å². The number of alkyl halides is 2. The summed E-state index contributed by atoms with van der Waals surface area (Å²) in [6, 6.07) is 6.35. The molecule has 5 nitrogen and oxygen atoms in total. The molecule has 0 unspecified atom stereocenters. The van der Waals surface area contributed by atoms with E-state index >= 15 is 0 Å². The molecule has 1 aromatic rings. The first-order valence-electron chi connectivity index (χ1n) is 7.52. The molecule has 0 spiro atoms. The fourth-order valence-electron chi connectivity index (χ4n) is 2.84. The summed E-state index contributed by atoms with van der Waals surface area (Å²) in [4.78, 5) is 0. The second-order valence-electron chi connectivity index (χ2n) is 5.75. The molecular formula is C15H22F2N2O3S. The SMILES string of the molecule is C[C@H](NC[C@H]1CCCN1S(C)(=O)=O)c1cccc(OC(F)F)c1. The summed E-state index contributed by atoms with van der Waals surface area (Å²) in [7, 11) is -3.19. The molecule has 0 bridgehead atoms. The van der Waals surface area contributed by atoms with Crippen molar-refractivity contribution in [3.63, 3.8) is 0 Å². The average molecular weight is 348 g/mol. The van der Waals surface area contributed by atoms with Crippen LogP contribution in [0, 0.1) is 0 Å². The first-order valence-corrected chi connectivity index (χ1v) is 9.37. The van der Waals surface area contributed by atoms with Crippen molar-refractivity contribution < 1.29 is 21.9 Å². The molecule has 1 heterocycles. The Morgan fingerprint density at radius 2 is 2.17 bits per heavy atom. The van der Waals surface area contributed by atoms with Crippen molar-refractivity contribution in [1.82, 2.24) is 9.62 Å². The molecule has 0 aliphatic carbocycles. The normalized spacial score (nSPS) is 20.8. The third-order valence-corrected chi connectivity index (χ3v) is 5.32. The van der Waals surface area contributed by atoms with Gasteiger partial charge in [0.1, 0.15) is 5.75 Å². The Morgan fingerprint density at radius 3 is 2.83 bits per heavy atom. The topological polar surface area (TPSA) is 58.6 Å². The Hall–Kier alpha value is -1.25. The van der Waals surface area contributed by atoms with Crippen LogP contribution in [-0.2, 0) is 10.0 Å². The lowest BCUT2D eigenvalue weighted by Gasteiger charge is -2.24. The van der Waals surface area contributed by atoms with Crippen LogP contribution in [0.2, 0.25) is 0 Å². The van der Waals surface area contributed by atoms with Crippen LogP contribution in [0.4, 0.5) is 8.78 Å². The number of benzene rings is 1. The lowest BCUT2D eigenvalue weighted by molar-refractivity contribution is -0.0499. The minimum absolute atomic E-state index is 0.0621. The highest BCUT2D eigenvalue weighted by molar-refractivity contribution is 7.88. The van der Waals surface area contributed by atoms with E-state index in [1.54, 1.807) is 12.1 Å². The highest BCUT2D eigenvalue weighted by Crippen LogP contribution is 2.23. The van der Waals surface area contributed by atoms with Crippen molar-refractivity contribution in [3.8, 4) is 5.75 Å². The zero-order chi connectivity index (χ0) is 17.0. The molecule has 8 heteroatoms. The van der Waals surface area contributed by atoms with Gasteiger partial charge < -0.3 is 10.1 Å². The summed E-state index contributed by atoms with van der Waals surface area (Å²) in [5.74, 6) is 0.116. The number of rotatable bonds is 7. The Bertz CT molecular complexity index is 625. The molecule has 2 atom stereocenters. The molecule has 23 heavy (non-hydrogen) atoms. The number of sulfonamides is 1. The van der Waals surface area contributed by atoms with Crippen LogP contribution in [0.5, 0.6) is 5.75 Å². The van der Waals surface area contributed by atoms with Crippen molar-refractivity contribution in [2.75, 3.05) is 19.3 Å². The summed E-state index contributed by atoms with van der Waals surface area (Å²) in [5, 5.41) is 3.27. The first-order chi connectivity index (χ1) is 10.8. The van der Waals surface area contributed by atoms with Crippen LogP contribution in [0.3, 0.4) is 0 Å². The Morgan fingerprint density at radius 1 is 1.43 bits per heavy atom. The van der Waals surface area contributed by atoms with Crippen LogP contribution < -0.4 is 10.1 Å². The maximum Gasteiger partial charge on any atom is 0.387 e. The maximum absolute atomic E-state index is 12.3. The number of nitrogens with one attached hydrogen (secondary N) is 1. The zero-order valence-electron chi connectivity index (χ0n) is 13.2. The van der Waals surface area contributed by atoms with Gasteiger partial charge in [0.25, 0.3) is 0 Å². The molecule has 0 radical (unpaired) electrons. The predicted octanol–water partition coefficient (Wildman–Crippen LogP) is 2.36. The number of ether oxygens (including phenoxy) is 1. The van der Waals surface area contributed by atoms with Crippen molar-refractivity contribution in [2.24, 2.45) is 0 Å². The third kappa shape index (κ3) is 5.12. The summed E-state index contributed by atoms with van der Waals surface area (Å²) >= 11 is 0. The lowest BCUT2D eigenvalue weighted by atomic mass is 10.1. The molecule has 1 saturated heterocycles. The fourth-order valence-corrected chi connectivity index (χ4v) is 4.02. The van der Waals surface area contributed by atoms with Gasteiger partial charge in [-0.2, -0.15) is 13.1 Å². The number of hydrogen-bond donors (Lipinski definition) is 1. The highest BCUT2D eigenvalue weighted by Gasteiger charge is 2.31. The first kappa shape index (κ1) is 18.1. The average Bonchev–Trinajstić information content (AvgIpc) is 2.93. The van der Waals surface area contributed by atoms with Gasteiger partial charge in [-0.25, -0.2) is 8.42 Å². The van der Waals surface area contributed by atoms with E-state index in [-0.39, 0.29) is 17.8 Å². The molecule has 1 fully saturated rings. The van der Waals surface area contributed by atoms with Gasteiger partial charge in [0, 0.05) is 25.2 Å². The Balaban J connectivity index is 1.95. The zero-order valence-corrected chi connectivity index (χ0v) is 14.0. The van der Waals surface area contributed by atoms with Crippen molar-refractivity contribution in [2.45, 2.75) is 38.5 Å². The van der Waals surface area contributed by atoms with Gasteiger partial charge in [-0.05, 0) is 37.5 Å². The van der Waals surface area contributed by atoms with Gasteiger partial charge in [0.2, 0.25) is 10.0 Å². The molecule has 1 N–H and O–H groups in total. The predicted molar refractivity (Wildman–Crippen MR) is 84.1 cm³/mol. The molecule has 0 saturated carbocycles. The fraction of sp³-hybridized carbons (Fsp3) is 0.600. The van der Waals surface area contributed by atoms with Gasteiger partial charge in [0.15, 0.2) is 0 Å². The summed E-state index contributed by atoms with van der Waals surface area (Å²) in [6.45, 7) is 0.127. The smallest absolute Gasteiger partial charge is 0.387 e. The lowest BCUT2D eigenvalue weighted by Crippen LogP contribution is -2.41. The minimum Gasteiger partial charge on any atom is -0.435 e. The van der Waals surface area contributed by atoms with Crippen LogP contribution in [0.15, 0.2) is 24.3 Å². The van der Waals surface area contributed by atoms with E-state index in [0.717, 1.165) is 18.4 Å². The molecule has 1 aliphatic heterocycles. The molecule has 1 aliphatic rings. The molecule has 0 amide bonds. The van der Waals surface area contributed by atoms with Gasteiger partial charge >= 0.3 is 6.61 Å². The van der Waals surface area contributed by atoms with E-state index in [2.05, 4.69) is 10.1 Å². The van der Waals surface area contributed by atoms with Crippen molar-refractivity contribution in [1.29, 1.82) is 0 Å². The van der Waals surface area contributed by atoms with Crippen LogP contribution >= 0.6 is 0 Å². The maximum atomic E-state index is 12.3. The highest BCUT2D eigenvalue weighted by atomic mass is 32.2. The van der Waals surface area contributed by atoms with Gasteiger partial charge in [-0.15, -0.1) is 0 Å². The second-order valence-corrected chi connectivity index (χ2v) is 7.69. The number of hydrogen-bond acceptors (Lipinski definition) is 4. The molecule has 130 valence electrons. The molecular weight excluding hydrogens is 326 g/mol. The molecule has 2 rings (SSSR count). The summed E-state index contributed by atoms with van der Waals surface area (Å²) < 4.78 is 53.9. The number of halogens is 2. The van der Waals surface area contributed by atoms with E-state index in [0.29, 0.717) is 13.1 Å². The van der Waals surface area contributed by atoms with E-state index < -0.39 is 16.6 Å². The van der Waals surface area contributed by atoms with Crippen LogP contribution in [-0.4, -0.2) is 44.7 Å². The van der Waals surface area contributed by atoms with Crippen LogP contribution in [0.25, 0.3) is 0 Å². The second kappa shape index (κ2) is 7.55. The van der Waals surface area contributed by atoms with E-state index in [4.69, 9.17) is 0 Å².